The minimum absolute atomic E-state index is 0.00212. The van der Waals surface area contributed by atoms with Crippen molar-refractivity contribution >= 4 is 27.4 Å². The Balaban J connectivity index is 1.76. The van der Waals surface area contributed by atoms with Gasteiger partial charge in [-0.05, 0) is 36.5 Å². The third kappa shape index (κ3) is 3.80. The second kappa shape index (κ2) is 7.85. The molecule has 4 rings (SSSR count). The number of aromatic nitrogens is 3. The topological polar surface area (TPSA) is 89.3 Å². The van der Waals surface area contributed by atoms with E-state index >= 15 is 0 Å². The Kier molecular flexibility index (Phi) is 5.42. The molecule has 0 saturated carbocycles. The third-order valence-electron chi connectivity index (χ3n) is 5.35. The molecule has 3 aromatic heterocycles. The normalized spacial score (nSPS) is 19.8. The molecule has 7 nitrogen and oxygen atoms in total. The van der Waals surface area contributed by atoms with E-state index in [-0.39, 0.29) is 11.6 Å². The van der Waals surface area contributed by atoms with Crippen LogP contribution in [0, 0.1) is 6.92 Å². The van der Waals surface area contributed by atoms with Crippen LogP contribution in [0.4, 0.5) is 5.95 Å². The first-order chi connectivity index (χ1) is 13.8. The number of hydrogen-bond donors (Lipinski definition) is 2. The van der Waals surface area contributed by atoms with E-state index in [0.29, 0.717) is 31.5 Å². The summed E-state index contributed by atoms with van der Waals surface area (Å²) in [5.41, 5.74) is 2.91. The molecule has 3 aromatic rings. The fourth-order valence-corrected chi connectivity index (χ4v) is 4.99. The number of anilines is 1. The van der Waals surface area contributed by atoms with Crippen molar-refractivity contribution < 1.29 is 9.84 Å². The van der Waals surface area contributed by atoms with Crippen LogP contribution in [0.5, 0.6) is 0 Å². The van der Waals surface area contributed by atoms with Crippen LogP contribution in [-0.2, 0) is 11.8 Å². The zero-order valence-corrected chi connectivity index (χ0v) is 17.9. The summed E-state index contributed by atoms with van der Waals surface area (Å²) in [5, 5.41) is 14.1. The molecule has 0 amide bonds. The van der Waals surface area contributed by atoms with Gasteiger partial charge in [-0.3, -0.25) is 4.79 Å². The van der Waals surface area contributed by atoms with Gasteiger partial charge in [0.2, 0.25) is 5.95 Å². The Hall–Kier alpha value is -2.29. The van der Waals surface area contributed by atoms with Crippen LogP contribution in [0.15, 0.2) is 23.3 Å². The Morgan fingerprint density at radius 3 is 2.93 bits per heavy atom. The lowest BCUT2D eigenvalue weighted by atomic mass is 10.0. The summed E-state index contributed by atoms with van der Waals surface area (Å²) in [6.07, 6.45) is 3.83. The molecule has 0 bridgehead atoms. The van der Waals surface area contributed by atoms with Gasteiger partial charge in [-0.2, -0.15) is 0 Å². The number of hydrogen-bond acceptors (Lipinski definition) is 7. The molecule has 154 valence electrons. The lowest BCUT2D eigenvalue weighted by molar-refractivity contribution is -0.0136. The van der Waals surface area contributed by atoms with E-state index in [9.17, 15) is 9.90 Å². The fraction of sp³-hybridized carbons (Fsp3) is 0.476. The molecule has 2 N–H and O–H groups in total. The smallest absolute Gasteiger partial charge is 0.259 e. The van der Waals surface area contributed by atoms with Gasteiger partial charge in [0.25, 0.3) is 5.56 Å². The minimum Gasteiger partial charge on any atom is -0.389 e. The number of ether oxygens (including phenoxy) is 1. The highest BCUT2D eigenvalue weighted by atomic mass is 32.1. The first kappa shape index (κ1) is 20.0. The highest BCUT2D eigenvalue weighted by Crippen LogP contribution is 2.36. The maximum absolute atomic E-state index is 12.7. The van der Waals surface area contributed by atoms with E-state index in [1.165, 1.54) is 0 Å². The van der Waals surface area contributed by atoms with Crippen molar-refractivity contribution in [1.82, 2.24) is 14.5 Å². The number of nitrogens with one attached hydrogen (secondary N) is 1. The molecular weight excluding hydrogens is 388 g/mol. The number of fused-ring (bicyclic) bond motifs is 1. The van der Waals surface area contributed by atoms with Crippen molar-refractivity contribution in [3.05, 3.63) is 39.9 Å². The van der Waals surface area contributed by atoms with E-state index in [4.69, 9.17) is 9.72 Å². The second-order valence-electron chi connectivity index (χ2n) is 7.92. The summed E-state index contributed by atoms with van der Waals surface area (Å²) in [6.45, 7) is 7.15. The first-order valence-corrected chi connectivity index (χ1v) is 10.7. The predicted molar refractivity (Wildman–Crippen MR) is 116 cm³/mol. The molecule has 0 aliphatic carbocycles. The predicted octanol–water partition coefficient (Wildman–Crippen LogP) is 3.05. The average molecular weight is 415 g/mol. The Labute approximate surface area is 173 Å². The van der Waals surface area contributed by atoms with Crippen molar-refractivity contribution in [3.8, 4) is 10.6 Å². The highest BCUT2D eigenvalue weighted by molar-refractivity contribution is 7.22. The number of pyridine rings is 1. The van der Waals surface area contributed by atoms with Gasteiger partial charge in [-0.15, -0.1) is 11.3 Å². The first-order valence-electron chi connectivity index (χ1n) is 9.84. The van der Waals surface area contributed by atoms with E-state index in [1.54, 1.807) is 29.1 Å². The van der Waals surface area contributed by atoms with Crippen LogP contribution in [-0.4, -0.2) is 45.0 Å². The minimum atomic E-state index is -0.585. The van der Waals surface area contributed by atoms with Crippen molar-refractivity contribution in [3.63, 3.8) is 0 Å². The van der Waals surface area contributed by atoms with E-state index in [0.717, 1.165) is 31.8 Å². The second-order valence-corrected chi connectivity index (χ2v) is 8.97. The van der Waals surface area contributed by atoms with Crippen LogP contribution >= 0.6 is 11.3 Å². The molecule has 2 atom stereocenters. The Bertz CT molecular complexity index is 1110. The zero-order chi connectivity index (χ0) is 20.7. The largest absolute Gasteiger partial charge is 0.389 e. The van der Waals surface area contributed by atoms with E-state index < -0.39 is 6.10 Å². The molecule has 1 saturated heterocycles. The molecule has 0 aromatic carbocycles. The monoisotopic (exact) mass is 414 g/mol. The van der Waals surface area contributed by atoms with Gasteiger partial charge in [0.1, 0.15) is 0 Å². The molecule has 1 fully saturated rings. The molecule has 0 spiro atoms. The number of rotatable bonds is 4. The van der Waals surface area contributed by atoms with Gasteiger partial charge in [-0.1, -0.05) is 13.8 Å². The lowest BCUT2D eigenvalue weighted by Gasteiger charge is -2.28. The molecule has 0 unspecified atom stereocenters. The molecule has 1 aliphatic heterocycles. The quantitative estimate of drug-likeness (QED) is 0.682. The number of nitrogens with zero attached hydrogens (tertiary/aromatic N) is 3. The van der Waals surface area contributed by atoms with Crippen LogP contribution in [0.3, 0.4) is 0 Å². The van der Waals surface area contributed by atoms with Gasteiger partial charge in [-0.25, -0.2) is 9.97 Å². The van der Waals surface area contributed by atoms with Gasteiger partial charge in [0, 0.05) is 30.7 Å². The molecule has 4 heterocycles. The highest BCUT2D eigenvalue weighted by Gasteiger charge is 2.24. The molecular formula is C21H26N4O3S. The summed E-state index contributed by atoms with van der Waals surface area (Å²) in [7, 11) is 1.79. The summed E-state index contributed by atoms with van der Waals surface area (Å²) in [6, 6.07) is 1.80. The summed E-state index contributed by atoms with van der Waals surface area (Å²) < 4.78 is 7.96. The number of aliphatic hydroxyl groups is 1. The fourth-order valence-electron chi connectivity index (χ4n) is 3.63. The number of aryl methyl sites for hydroxylation is 2. The van der Waals surface area contributed by atoms with Gasteiger partial charge in [0.05, 0.1) is 34.7 Å². The van der Waals surface area contributed by atoms with Gasteiger partial charge >= 0.3 is 0 Å². The third-order valence-corrected chi connectivity index (χ3v) is 6.54. The molecule has 29 heavy (non-hydrogen) atoms. The SMILES string of the molecule is Cc1cnc(N[C@@H]2CCOC[C@H]2O)nc1-c1cc2c(=O)n(C)cc(C(C)C)c2s1. The van der Waals surface area contributed by atoms with Crippen molar-refractivity contribution in [2.24, 2.45) is 7.05 Å². The van der Waals surface area contributed by atoms with Crippen molar-refractivity contribution in [2.45, 2.75) is 45.3 Å². The Morgan fingerprint density at radius 1 is 1.41 bits per heavy atom. The summed E-state index contributed by atoms with van der Waals surface area (Å²) in [4.78, 5) is 22.7. The maximum Gasteiger partial charge on any atom is 0.259 e. The summed E-state index contributed by atoms with van der Waals surface area (Å²) >= 11 is 1.60. The van der Waals surface area contributed by atoms with Crippen LogP contribution in [0.2, 0.25) is 0 Å². The van der Waals surface area contributed by atoms with E-state index in [1.807, 2.05) is 19.2 Å². The molecule has 1 aliphatic rings. The van der Waals surface area contributed by atoms with Gasteiger partial charge in [0.15, 0.2) is 0 Å². The summed E-state index contributed by atoms with van der Waals surface area (Å²) in [5.74, 6) is 0.792. The Morgan fingerprint density at radius 2 is 2.21 bits per heavy atom. The van der Waals surface area contributed by atoms with Crippen molar-refractivity contribution in [2.75, 3.05) is 18.5 Å². The van der Waals surface area contributed by atoms with E-state index in [2.05, 4.69) is 24.1 Å². The molecule has 0 radical (unpaired) electrons. The molecule has 8 heteroatoms. The number of thiophene rings is 1. The van der Waals surface area contributed by atoms with Gasteiger partial charge < -0.3 is 19.7 Å². The zero-order valence-electron chi connectivity index (χ0n) is 17.1. The lowest BCUT2D eigenvalue weighted by Crippen LogP contribution is -2.42. The van der Waals surface area contributed by atoms with Crippen LogP contribution < -0.4 is 10.9 Å². The van der Waals surface area contributed by atoms with Crippen LogP contribution in [0.25, 0.3) is 20.7 Å². The van der Waals surface area contributed by atoms with Crippen molar-refractivity contribution in [1.29, 1.82) is 0 Å². The maximum atomic E-state index is 12.7. The average Bonchev–Trinajstić information content (AvgIpc) is 3.13. The number of aliphatic hydroxyl groups excluding tert-OH is 1. The van der Waals surface area contributed by atoms with Crippen LogP contribution in [0.1, 0.15) is 37.3 Å². The standard InChI is InChI=1S/C21H26N4O3S/c1-11(2)14-9-25(4)20(27)13-7-17(29-19(13)14)18-12(3)8-22-21(24-18)23-15-5-6-28-10-16(15)26/h7-9,11,15-16,26H,5-6,10H2,1-4H3,(H,22,23,24)/t15-,16-/m1/s1.